The van der Waals surface area contributed by atoms with Gasteiger partial charge in [0.05, 0.1) is 9.15 Å². The first kappa shape index (κ1) is 9.46. The first-order chi connectivity index (χ1) is 5.07. The Bertz CT molecular complexity index is 198. The zero-order valence-corrected chi connectivity index (χ0v) is 9.48. The van der Waals surface area contributed by atoms with E-state index in [2.05, 4.69) is 31.9 Å². The van der Waals surface area contributed by atoms with E-state index in [1.165, 1.54) is 0 Å². The van der Waals surface area contributed by atoms with Crippen LogP contribution in [0.15, 0.2) is 12.2 Å². The minimum absolute atomic E-state index is 0.0833. The summed E-state index contributed by atoms with van der Waals surface area (Å²) in [5, 5.41) is 0. The van der Waals surface area contributed by atoms with E-state index in [1.807, 2.05) is 13.0 Å². The molecule has 0 heterocycles. The maximum absolute atomic E-state index is 11.4. The third-order valence-electron chi connectivity index (χ3n) is 2.14. The van der Waals surface area contributed by atoms with Crippen LogP contribution in [0, 0.1) is 5.41 Å². The highest BCUT2D eigenvalue weighted by Crippen LogP contribution is 2.39. The van der Waals surface area contributed by atoms with Gasteiger partial charge in [-0.15, -0.1) is 0 Å². The van der Waals surface area contributed by atoms with Crippen LogP contribution in [0.4, 0.5) is 0 Å². The molecule has 0 aromatic carbocycles. The third-order valence-corrected chi connectivity index (χ3v) is 4.17. The number of carbonyl (C=O) groups is 1. The number of halogens is 2. The summed E-state index contributed by atoms with van der Waals surface area (Å²) in [6.45, 7) is 1.98. The van der Waals surface area contributed by atoms with Gasteiger partial charge in [0.1, 0.15) is 0 Å². The number of alkyl halides is 2. The Morgan fingerprint density at radius 1 is 1.64 bits per heavy atom. The van der Waals surface area contributed by atoms with Crippen LogP contribution >= 0.6 is 31.9 Å². The largest absolute Gasteiger partial charge is 0.294 e. The van der Waals surface area contributed by atoms with Crippen molar-refractivity contribution in [2.45, 2.75) is 23.5 Å². The predicted octanol–water partition coefficient (Wildman–Crippen LogP) is 3.03. The topological polar surface area (TPSA) is 17.1 Å². The molecule has 1 nitrogen and oxygen atoms in total. The van der Waals surface area contributed by atoms with Crippen LogP contribution in [0.25, 0.3) is 0 Å². The molecule has 0 amide bonds. The van der Waals surface area contributed by atoms with Crippen molar-refractivity contribution in [1.82, 2.24) is 0 Å². The van der Waals surface area contributed by atoms with E-state index in [0.717, 1.165) is 12.8 Å². The highest BCUT2D eigenvalue weighted by atomic mass is 79.9. The molecular formula is C8H10Br2O. The van der Waals surface area contributed by atoms with Gasteiger partial charge < -0.3 is 0 Å². The van der Waals surface area contributed by atoms with E-state index in [-0.39, 0.29) is 14.9 Å². The van der Waals surface area contributed by atoms with Crippen molar-refractivity contribution < 1.29 is 4.79 Å². The number of ketones is 1. The number of hydrogen-bond donors (Lipinski definition) is 0. The standard InChI is InChI=1S/C8H10Br2O/c1-8(7(9)10)5-3-2-4-6(8)11/h2,4,7H,3,5H2,1H3. The number of hydrogen-bond acceptors (Lipinski definition) is 1. The molecule has 1 atom stereocenters. The molecule has 3 heteroatoms. The molecule has 1 unspecified atom stereocenters. The van der Waals surface area contributed by atoms with Crippen LogP contribution in [0.1, 0.15) is 19.8 Å². The van der Waals surface area contributed by atoms with Gasteiger partial charge in [0, 0.05) is 0 Å². The summed E-state index contributed by atoms with van der Waals surface area (Å²) in [5.74, 6) is 0.211. The maximum Gasteiger partial charge on any atom is 0.163 e. The van der Waals surface area contributed by atoms with Crippen molar-refractivity contribution in [3.05, 3.63) is 12.2 Å². The van der Waals surface area contributed by atoms with Gasteiger partial charge in [-0.25, -0.2) is 0 Å². The Morgan fingerprint density at radius 3 is 2.64 bits per heavy atom. The molecule has 0 spiro atoms. The summed E-state index contributed by atoms with van der Waals surface area (Å²) in [6.07, 6.45) is 5.53. The van der Waals surface area contributed by atoms with Crippen LogP contribution in [0.3, 0.4) is 0 Å². The molecule has 62 valence electrons. The normalized spacial score (nSPS) is 31.5. The summed E-state index contributed by atoms with van der Waals surface area (Å²) in [5.41, 5.74) is -0.255. The molecule has 0 fully saturated rings. The average Bonchev–Trinajstić information content (AvgIpc) is 1.95. The van der Waals surface area contributed by atoms with Gasteiger partial charge in [0.15, 0.2) is 5.78 Å². The van der Waals surface area contributed by atoms with Gasteiger partial charge in [-0.2, -0.15) is 0 Å². The highest BCUT2D eigenvalue weighted by molar-refractivity contribution is 9.24. The molecule has 0 N–H and O–H groups in total. The number of allylic oxidation sites excluding steroid dienone is 2. The van der Waals surface area contributed by atoms with E-state index in [1.54, 1.807) is 6.08 Å². The van der Waals surface area contributed by atoms with E-state index in [4.69, 9.17) is 0 Å². The van der Waals surface area contributed by atoms with Gasteiger partial charge in [-0.3, -0.25) is 4.79 Å². The molecule has 1 aliphatic carbocycles. The quantitative estimate of drug-likeness (QED) is 0.676. The maximum atomic E-state index is 11.4. The third kappa shape index (κ3) is 1.75. The van der Waals surface area contributed by atoms with Gasteiger partial charge in [-0.1, -0.05) is 44.9 Å². The summed E-state index contributed by atoms with van der Waals surface area (Å²) in [6, 6.07) is 0. The smallest absolute Gasteiger partial charge is 0.163 e. The first-order valence-corrected chi connectivity index (χ1v) is 5.39. The molecular weight excluding hydrogens is 272 g/mol. The fraction of sp³-hybridized carbons (Fsp3) is 0.625. The van der Waals surface area contributed by atoms with Crippen LogP contribution < -0.4 is 0 Å². The molecule has 1 rings (SSSR count). The van der Waals surface area contributed by atoms with Crippen molar-refractivity contribution in [1.29, 1.82) is 0 Å². The van der Waals surface area contributed by atoms with Gasteiger partial charge in [-0.05, 0) is 18.9 Å². The number of rotatable bonds is 1. The van der Waals surface area contributed by atoms with Crippen LogP contribution in [0.2, 0.25) is 0 Å². The molecule has 0 aliphatic heterocycles. The van der Waals surface area contributed by atoms with Gasteiger partial charge in [0.2, 0.25) is 0 Å². The second-order valence-corrected chi connectivity index (χ2v) is 6.08. The number of carbonyl (C=O) groups excluding carboxylic acids is 1. The zero-order chi connectivity index (χ0) is 8.48. The fourth-order valence-corrected chi connectivity index (χ4v) is 2.01. The van der Waals surface area contributed by atoms with Gasteiger partial charge in [0.25, 0.3) is 0 Å². The lowest BCUT2D eigenvalue weighted by Gasteiger charge is -2.30. The lowest BCUT2D eigenvalue weighted by atomic mass is 9.80. The van der Waals surface area contributed by atoms with Crippen molar-refractivity contribution in [3.8, 4) is 0 Å². The lowest BCUT2D eigenvalue weighted by Crippen LogP contribution is -2.34. The highest BCUT2D eigenvalue weighted by Gasteiger charge is 2.37. The zero-order valence-electron chi connectivity index (χ0n) is 6.31. The predicted molar refractivity (Wildman–Crippen MR) is 53.1 cm³/mol. The van der Waals surface area contributed by atoms with Crippen molar-refractivity contribution >= 4 is 37.6 Å². The van der Waals surface area contributed by atoms with Crippen molar-refractivity contribution in [2.24, 2.45) is 5.41 Å². The molecule has 11 heavy (non-hydrogen) atoms. The van der Waals surface area contributed by atoms with Crippen molar-refractivity contribution in [3.63, 3.8) is 0 Å². The Labute approximate surface area is 83.5 Å². The monoisotopic (exact) mass is 280 g/mol. The average molecular weight is 282 g/mol. The fourth-order valence-electron chi connectivity index (χ4n) is 1.10. The second kappa shape index (κ2) is 3.40. The van der Waals surface area contributed by atoms with Crippen LogP contribution in [-0.2, 0) is 4.79 Å². The first-order valence-electron chi connectivity index (χ1n) is 3.56. The molecule has 0 radical (unpaired) electrons. The molecule has 0 saturated heterocycles. The van der Waals surface area contributed by atoms with E-state index in [0.29, 0.717) is 0 Å². The Balaban J connectivity index is 2.85. The SMILES string of the molecule is CC1(C(Br)Br)CCC=CC1=O. The molecule has 0 saturated carbocycles. The van der Waals surface area contributed by atoms with Crippen LogP contribution in [0.5, 0.6) is 0 Å². The minimum Gasteiger partial charge on any atom is -0.294 e. The van der Waals surface area contributed by atoms with E-state index in [9.17, 15) is 4.79 Å². The molecule has 0 bridgehead atoms. The second-order valence-electron chi connectivity index (χ2n) is 3.02. The van der Waals surface area contributed by atoms with Crippen molar-refractivity contribution in [2.75, 3.05) is 0 Å². The minimum atomic E-state index is -0.255. The molecule has 0 aromatic heterocycles. The summed E-state index contributed by atoms with van der Waals surface area (Å²) in [7, 11) is 0. The summed E-state index contributed by atoms with van der Waals surface area (Å²) >= 11 is 6.79. The Kier molecular flexibility index (Phi) is 2.92. The van der Waals surface area contributed by atoms with Crippen LogP contribution in [-0.4, -0.2) is 9.52 Å². The Hall–Kier alpha value is 0.370. The lowest BCUT2D eigenvalue weighted by molar-refractivity contribution is -0.122. The van der Waals surface area contributed by atoms with E-state index >= 15 is 0 Å². The molecule has 0 aromatic rings. The van der Waals surface area contributed by atoms with E-state index < -0.39 is 0 Å². The molecule has 1 aliphatic rings. The summed E-state index contributed by atoms with van der Waals surface area (Å²) in [4.78, 5) is 11.4. The Morgan fingerprint density at radius 2 is 2.27 bits per heavy atom. The summed E-state index contributed by atoms with van der Waals surface area (Å²) < 4.78 is 0.0833. The van der Waals surface area contributed by atoms with Gasteiger partial charge >= 0.3 is 0 Å².